The van der Waals surface area contributed by atoms with E-state index in [-0.39, 0.29) is 5.41 Å². The van der Waals surface area contributed by atoms with E-state index in [1.165, 1.54) is 66.3 Å². The Hall–Kier alpha value is -6.64. The summed E-state index contributed by atoms with van der Waals surface area (Å²) < 4.78 is 2.46. The largest absolute Gasteiger partial charge is 0.310 e. The Morgan fingerprint density at radius 1 is 0.377 bits per heavy atom. The molecule has 0 fully saturated rings. The molecule has 0 N–H and O–H groups in total. The normalized spacial score (nSPS) is 12.9. The maximum absolute atomic E-state index is 2.46. The zero-order valence-electron chi connectivity index (χ0n) is 29.9. The van der Waals surface area contributed by atoms with Gasteiger partial charge in [-0.05, 0) is 105 Å². The molecule has 1 heterocycles. The molecule has 0 unspecified atom stereocenters. The van der Waals surface area contributed by atoms with Gasteiger partial charge in [-0.15, -0.1) is 0 Å². The summed E-state index contributed by atoms with van der Waals surface area (Å²) in [6.45, 7) is 4.72. The van der Waals surface area contributed by atoms with Gasteiger partial charge >= 0.3 is 0 Å². The van der Waals surface area contributed by atoms with Gasteiger partial charge in [0.1, 0.15) is 0 Å². The van der Waals surface area contributed by atoms with E-state index < -0.39 is 0 Å². The van der Waals surface area contributed by atoms with Crippen molar-refractivity contribution in [2.75, 3.05) is 4.90 Å². The quantitative estimate of drug-likeness (QED) is 0.170. The highest BCUT2D eigenvalue weighted by atomic mass is 15.1. The molecule has 0 aliphatic heterocycles. The first-order valence-electron chi connectivity index (χ1n) is 18.4. The van der Waals surface area contributed by atoms with Crippen LogP contribution in [0.4, 0.5) is 17.1 Å². The smallest absolute Gasteiger partial charge is 0.0561 e. The summed E-state index contributed by atoms with van der Waals surface area (Å²) in [4.78, 5) is 2.38. The van der Waals surface area contributed by atoms with Crippen LogP contribution in [0, 0.1) is 0 Å². The van der Waals surface area contributed by atoms with Crippen molar-refractivity contribution < 1.29 is 0 Å². The molecule has 2 heteroatoms. The minimum atomic E-state index is -0.0854. The molecular formula is C51H38N2. The summed E-state index contributed by atoms with van der Waals surface area (Å²) in [5.41, 5.74) is 17.1. The maximum Gasteiger partial charge on any atom is 0.0561 e. The Morgan fingerprint density at radius 3 is 1.47 bits per heavy atom. The van der Waals surface area contributed by atoms with E-state index in [0.29, 0.717) is 0 Å². The molecule has 0 saturated carbocycles. The van der Waals surface area contributed by atoms with Crippen LogP contribution in [0.1, 0.15) is 25.0 Å². The second kappa shape index (κ2) is 12.3. The highest BCUT2D eigenvalue weighted by Crippen LogP contribution is 2.51. The Balaban J connectivity index is 1.18. The van der Waals surface area contributed by atoms with Crippen molar-refractivity contribution in [2.24, 2.45) is 0 Å². The second-order valence-electron chi connectivity index (χ2n) is 14.6. The van der Waals surface area contributed by atoms with Gasteiger partial charge in [0.15, 0.2) is 0 Å². The Kier molecular flexibility index (Phi) is 7.19. The lowest BCUT2D eigenvalue weighted by atomic mass is 9.82. The first-order valence-corrected chi connectivity index (χ1v) is 18.4. The molecule has 1 aliphatic rings. The fourth-order valence-electron chi connectivity index (χ4n) is 8.51. The van der Waals surface area contributed by atoms with Crippen molar-refractivity contribution in [3.63, 3.8) is 0 Å². The molecule has 0 spiro atoms. The van der Waals surface area contributed by atoms with Crippen LogP contribution in [0.15, 0.2) is 194 Å². The molecule has 8 aromatic carbocycles. The van der Waals surface area contributed by atoms with E-state index in [2.05, 4.69) is 217 Å². The molecule has 2 nitrogen and oxygen atoms in total. The number of hydrogen-bond donors (Lipinski definition) is 0. The summed E-state index contributed by atoms with van der Waals surface area (Å²) in [6, 6.07) is 70.7. The SMILES string of the molecule is CC1(C)c2ccccc2-c2cc3c4ccc(N(c5ccc(-c6ccccc6)cc5)c5ccc(-c6ccccc6)cc5)cc4n(-c4ccccc4)c3cc21. The van der Waals surface area contributed by atoms with Crippen LogP contribution < -0.4 is 4.90 Å². The summed E-state index contributed by atoms with van der Waals surface area (Å²) in [5, 5.41) is 2.52. The van der Waals surface area contributed by atoms with Crippen molar-refractivity contribution >= 4 is 38.9 Å². The van der Waals surface area contributed by atoms with E-state index in [1.54, 1.807) is 0 Å². The fraction of sp³-hybridized carbons (Fsp3) is 0.0588. The number of fused-ring (bicyclic) bond motifs is 6. The standard InChI is InChI=1S/C51H38N2/c1-51(2)47-21-13-12-20-43(47)45-33-46-44-31-30-42(32-49(44)53(50(46)34-48(45)51)39-18-10-5-11-19-39)52(40-26-22-37(23-27-40)35-14-6-3-7-15-35)41-28-24-38(25-29-41)36-16-8-4-9-17-36/h3-34H,1-2H3. The first kappa shape index (κ1) is 31.1. The van der Waals surface area contributed by atoms with Crippen LogP contribution in [0.2, 0.25) is 0 Å². The molecule has 0 bridgehead atoms. The van der Waals surface area contributed by atoms with Crippen molar-refractivity contribution in [1.29, 1.82) is 0 Å². The van der Waals surface area contributed by atoms with Crippen LogP contribution in [0.5, 0.6) is 0 Å². The third kappa shape index (κ3) is 5.10. The number of para-hydroxylation sites is 1. The van der Waals surface area contributed by atoms with E-state index in [1.807, 2.05) is 0 Å². The number of benzene rings is 8. The van der Waals surface area contributed by atoms with E-state index in [4.69, 9.17) is 0 Å². The molecule has 0 amide bonds. The van der Waals surface area contributed by atoms with Gasteiger partial charge < -0.3 is 9.47 Å². The lowest BCUT2D eigenvalue weighted by molar-refractivity contribution is 0.661. The topological polar surface area (TPSA) is 8.17 Å². The number of aromatic nitrogens is 1. The second-order valence-corrected chi connectivity index (χ2v) is 14.6. The van der Waals surface area contributed by atoms with E-state index >= 15 is 0 Å². The monoisotopic (exact) mass is 678 g/mol. The summed E-state index contributed by atoms with van der Waals surface area (Å²) >= 11 is 0. The average Bonchev–Trinajstić information content (AvgIpc) is 3.66. The Bertz CT molecular complexity index is 2680. The van der Waals surface area contributed by atoms with Crippen LogP contribution in [-0.4, -0.2) is 4.57 Å². The van der Waals surface area contributed by atoms with Crippen LogP contribution in [-0.2, 0) is 5.41 Å². The number of nitrogens with zero attached hydrogens (tertiary/aromatic N) is 2. The zero-order valence-corrected chi connectivity index (χ0v) is 29.9. The van der Waals surface area contributed by atoms with E-state index in [9.17, 15) is 0 Å². The molecular weight excluding hydrogens is 641 g/mol. The molecule has 252 valence electrons. The maximum atomic E-state index is 2.46. The minimum absolute atomic E-state index is 0.0854. The summed E-state index contributed by atoms with van der Waals surface area (Å²) in [6.07, 6.45) is 0. The molecule has 0 atom stereocenters. The van der Waals surface area contributed by atoms with Crippen molar-refractivity contribution in [1.82, 2.24) is 4.57 Å². The summed E-state index contributed by atoms with van der Waals surface area (Å²) in [7, 11) is 0. The minimum Gasteiger partial charge on any atom is -0.310 e. The van der Waals surface area contributed by atoms with Gasteiger partial charge in [-0.1, -0.05) is 147 Å². The predicted molar refractivity (Wildman–Crippen MR) is 224 cm³/mol. The molecule has 0 saturated heterocycles. The molecule has 0 radical (unpaired) electrons. The average molecular weight is 679 g/mol. The fourth-order valence-corrected chi connectivity index (χ4v) is 8.51. The molecule has 53 heavy (non-hydrogen) atoms. The Morgan fingerprint density at radius 2 is 0.868 bits per heavy atom. The highest BCUT2D eigenvalue weighted by Gasteiger charge is 2.36. The molecule has 1 aromatic heterocycles. The summed E-state index contributed by atoms with van der Waals surface area (Å²) in [5.74, 6) is 0. The third-order valence-electron chi connectivity index (χ3n) is 11.2. The van der Waals surface area contributed by atoms with Crippen molar-refractivity contribution in [3.05, 3.63) is 205 Å². The van der Waals surface area contributed by atoms with E-state index in [0.717, 1.165) is 22.7 Å². The van der Waals surface area contributed by atoms with Gasteiger partial charge in [0.2, 0.25) is 0 Å². The van der Waals surface area contributed by atoms with Gasteiger partial charge in [-0.2, -0.15) is 0 Å². The highest BCUT2D eigenvalue weighted by molar-refractivity contribution is 6.12. The molecule has 1 aliphatic carbocycles. The van der Waals surface area contributed by atoms with Crippen LogP contribution in [0.3, 0.4) is 0 Å². The van der Waals surface area contributed by atoms with Gasteiger partial charge in [0.05, 0.1) is 11.0 Å². The van der Waals surface area contributed by atoms with Crippen molar-refractivity contribution in [3.8, 4) is 39.1 Å². The Labute approximate surface area is 310 Å². The van der Waals surface area contributed by atoms with Crippen LogP contribution >= 0.6 is 0 Å². The first-order chi connectivity index (χ1) is 26.0. The zero-order chi connectivity index (χ0) is 35.5. The van der Waals surface area contributed by atoms with Crippen molar-refractivity contribution in [2.45, 2.75) is 19.3 Å². The third-order valence-corrected chi connectivity index (χ3v) is 11.2. The molecule has 10 rings (SSSR count). The number of anilines is 3. The lowest BCUT2D eigenvalue weighted by Gasteiger charge is -2.26. The van der Waals surface area contributed by atoms with Gasteiger partial charge in [-0.3, -0.25) is 0 Å². The van der Waals surface area contributed by atoms with Crippen LogP contribution in [0.25, 0.3) is 60.9 Å². The van der Waals surface area contributed by atoms with Gasteiger partial charge in [0.25, 0.3) is 0 Å². The predicted octanol–water partition coefficient (Wildman–Crippen LogP) is 13.9. The number of hydrogen-bond acceptors (Lipinski definition) is 1. The molecule has 9 aromatic rings. The van der Waals surface area contributed by atoms with Gasteiger partial charge in [-0.25, -0.2) is 0 Å². The lowest BCUT2D eigenvalue weighted by Crippen LogP contribution is -2.14. The number of rotatable bonds is 6. The van der Waals surface area contributed by atoms with Gasteiger partial charge in [0, 0.05) is 38.9 Å².